The highest BCUT2D eigenvalue weighted by molar-refractivity contribution is 7.98. The molecule has 8 heteroatoms. The molecule has 0 fully saturated rings. The number of fused-ring (bicyclic) bond motifs is 1. The second kappa shape index (κ2) is 5.72. The molecule has 0 amide bonds. The summed E-state index contributed by atoms with van der Waals surface area (Å²) in [6, 6.07) is 2.78. The Morgan fingerprint density at radius 3 is 2.82 bits per heavy atom. The fourth-order valence-electron chi connectivity index (χ4n) is 2.12. The van der Waals surface area contributed by atoms with Crippen LogP contribution in [0.15, 0.2) is 47.1 Å². The van der Waals surface area contributed by atoms with E-state index in [-0.39, 0.29) is 12.1 Å². The van der Waals surface area contributed by atoms with Crippen molar-refractivity contribution < 1.29 is 4.39 Å². The van der Waals surface area contributed by atoms with Gasteiger partial charge in [0.15, 0.2) is 16.6 Å². The van der Waals surface area contributed by atoms with Crippen molar-refractivity contribution in [2.75, 3.05) is 6.26 Å². The zero-order valence-electron chi connectivity index (χ0n) is 11.7. The maximum atomic E-state index is 13.1. The molecular weight excluding hydrogens is 305 g/mol. The highest BCUT2D eigenvalue weighted by Gasteiger charge is 2.17. The van der Waals surface area contributed by atoms with Gasteiger partial charge < -0.3 is 0 Å². The van der Waals surface area contributed by atoms with Gasteiger partial charge in [0.2, 0.25) is 0 Å². The van der Waals surface area contributed by atoms with E-state index in [2.05, 4.69) is 21.5 Å². The molecule has 3 rings (SSSR count). The molecule has 0 aliphatic rings. The van der Waals surface area contributed by atoms with Crippen molar-refractivity contribution in [2.45, 2.75) is 11.7 Å². The van der Waals surface area contributed by atoms with Crippen LogP contribution in [0.1, 0.15) is 0 Å². The summed E-state index contributed by atoms with van der Waals surface area (Å²) < 4.78 is 16.1. The van der Waals surface area contributed by atoms with Crippen molar-refractivity contribution in [2.24, 2.45) is 0 Å². The Morgan fingerprint density at radius 2 is 2.18 bits per heavy atom. The van der Waals surface area contributed by atoms with Crippen LogP contribution in [-0.4, -0.2) is 30.6 Å². The summed E-state index contributed by atoms with van der Waals surface area (Å²) in [6.45, 7) is 3.94. The van der Waals surface area contributed by atoms with Crippen LogP contribution in [0.5, 0.6) is 0 Å². The molecule has 0 unspecified atom stereocenters. The van der Waals surface area contributed by atoms with Gasteiger partial charge in [-0.3, -0.25) is 4.79 Å². The third kappa shape index (κ3) is 2.31. The van der Waals surface area contributed by atoms with Gasteiger partial charge in [-0.05, 0) is 18.4 Å². The number of pyridine rings is 1. The van der Waals surface area contributed by atoms with Gasteiger partial charge in [0.1, 0.15) is 11.2 Å². The summed E-state index contributed by atoms with van der Waals surface area (Å²) >= 11 is 1.37. The minimum Gasteiger partial charge on any atom is -0.267 e. The third-order valence-corrected chi connectivity index (χ3v) is 3.63. The molecule has 0 bridgehead atoms. The molecule has 0 N–H and O–H groups in total. The van der Waals surface area contributed by atoms with Crippen LogP contribution in [-0.2, 0) is 6.54 Å². The SMILES string of the molecule is C=CCn1c(=O)c2cnc(SC)nc2n1-c1ccc(F)cn1. The van der Waals surface area contributed by atoms with Gasteiger partial charge in [0, 0.05) is 6.20 Å². The monoisotopic (exact) mass is 317 g/mol. The number of thioether (sulfide) groups is 1. The van der Waals surface area contributed by atoms with Crippen LogP contribution in [0.3, 0.4) is 0 Å². The smallest absolute Gasteiger partial charge is 0.267 e. The second-order valence-electron chi connectivity index (χ2n) is 4.42. The molecule has 0 aliphatic carbocycles. The molecule has 0 radical (unpaired) electrons. The molecule has 0 aromatic carbocycles. The van der Waals surface area contributed by atoms with E-state index in [4.69, 9.17) is 0 Å². The summed E-state index contributed by atoms with van der Waals surface area (Å²) in [4.78, 5) is 25.0. The average Bonchev–Trinajstić information content (AvgIpc) is 2.81. The summed E-state index contributed by atoms with van der Waals surface area (Å²) in [7, 11) is 0. The number of aromatic nitrogens is 5. The van der Waals surface area contributed by atoms with E-state index < -0.39 is 5.82 Å². The zero-order valence-corrected chi connectivity index (χ0v) is 12.5. The Morgan fingerprint density at radius 1 is 1.36 bits per heavy atom. The molecule has 3 heterocycles. The lowest BCUT2D eigenvalue weighted by molar-refractivity contribution is 0.586. The normalized spacial score (nSPS) is 11.0. The van der Waals surface area contributed by atoms with Crippen molar-refractivity contribution in [3.8, 4) is 5.82 Å². The van der Waals surface area contributed by atoms with Crippen molar-refractivity contribution in [3.05, 3.63) is 53.4 Å². The molecular formula is C14H12FN5OS. The molecule has 0 saturated heterocycles. The van der Waals surface area contributed by atoms with E-state index in [0.717, 1.165) is 6.20 Å². The van der Waals surface area contributed by atoms with E-state index in [1.165, 1.54) is 34.8 Å². The highest BCUT2D eigenvalue weighted by Crippen LogP contribution is 2.17. The molecule has 3 aromatic rings. The first-order valence-electron chi connectivity index (χ1n) is 6.41. The summed E-state index contributed by atoms with van der Waals surface area (Å²) in [5, 5.41) is 0.921. The highest BCUT2D eigenvalue weighted by atomic mass is 32.2. The standard InChI is InChI=1S/C14H12FN5OS/c1-3-6-19-13(21)10-8-17-14(22-2)18-12(10)20(19)11-5-4-9(15)7-16-11/h3-5,7-8H,1,6H2,2H3. The second-order valence-corrected chi connectivity index (χ2v) is 5.19. The van der Waals surface area contributed by atoms with Crippen LogP contribution in [0, 0.1) is 5.82 Å². The third-order valence-electron chi connectivity index (χ3n) is 3.07. The number of halogens is 1. The van der Waals surface area contributed by atoms with E-state index in [9.17, 15) is 9.18 Å². The summed E-state index contributed by atoms with van der Waals surface area (Å²) in [5.74, 6) is -0.0432. The van der Waals surface area contributed by atoms with Crippen LogP contribution in [0.2, 0.25) is 0 Å². The molecule has 0 aliphatic heterocycles. The Hall–Kier alpha value is -2.48. The van der Waals surface area contributed by atoms with Gasteiger partial charge in [-0.25, -0.2) is 28.7 Å². The van der Waals surface area contributed by atoms with Crippen molar-refractivity contribution in [3.63, 3.8) is 0 Å². The van der Waals surface area contributed by atoms with Gasteiger partial charge in [0.05, 0.1) is 12.7 Å². The summed E-state index contributed by atoms with van der Waals surface area (Å²) in [5.41, 5.74) is 0.194. The number of allylic oxidation sites excluding steroid dienone is 1. The fourth-order valence-corrected chi connectivity index (χ4v) is 2.46. The van der Waals surface area contributed by atoms with Gasteiger partial charge in [-0.15, -0.1) is 6.58 Å². The van der Waals surface area contributed by atoms with Crippen molar-refractivity contribution in [1.29, 1.82) is 0 Å². The topological polar surface area (TPSA) is 65.6 Å². The Kier molecular flexibility index (Phi) is 3.76. The van der Waals surface area contributed by atoms with Gasteiger partial charge >= 0.3 is 0 Å². The van der Waals surface area contributed by atoms with Gasteiger partial charge in [-0.1, -0.05) is 17.8 Å². The summed E-state index contributed by atoms with van der Waals surface area (Å²) in [6.07, 6.45) is 6.04. The van der Waals surface area contributed by atoms with Crippen molar-refractivity contribution >= 4 is 22.8 Å². The molecule has 0 saturated carbocycles. The van der Waals surface area contributed by atoms with E-state index in [1.807, 2.05) is 6.26 Å². The van der Waals surface area contributed by atoms with Crippen molar-refractivity contribution in [1.82, 2.24) is 24.3 Å². The Bertz CT molecular complexity index is 900. The zero-order chi connectivity index (χ0) is 15.7. The lowest BCUT2D eigenvalue weighted by Crippen LogP contribution is -2.22. The Labute approximate surface area is 129 Å². The number of nitrogens with zero attached hydrogens (tertiary/aromatic N) is 5. The maximum Gasteiger partial charge on any atom is 0.278 e. The lowest BCUT2D eigenvalue weighted by Gasteiger charge is -2.09. The van der Waals surface area contributed by atoms with Gasteiger partial charge in [0.25, 0.3) is 5.56 Å². The van der Waals surface area contributed by atoms with Crippen LogP contribution in [0.25, 0.3) is 16.9 Å². The van der Waals surface area contributed by atoms with E-state index in [1.54, 1.807) is 10.8 Å². The minimum absolute atomic E-state index is 0.242. The largest absolute Gasteiger partial charge is 0.278 e. The molecule has 3 aromatic heterocycles. The average molecular weight is 317 g/mol. The predicted octanol–water partition coefficient (Wildman–Crippen LogP) is 2.02. The number of hydrogen-bond acceptors (Lipinski definition) is 5. The van der Waals surface area contributed by atoms with Crippen LogP contribution in [0.4, 0.5) is 4.39 Å². The molecule has 22 heavy (non-hydrogen) atoms. The first-order valence-corrected chi connectivity index (χ1v) is 7.63. The first-order chi connectivity index (χ1) is 10.7. The quantitative estimate of drug-likeness (QED) is 0.418. The minimum atomic E-state index is -0.447. The molecule has 6 nitrogen and oxygen atoms in total. The molecule has 0 atom stereocenters. The number of hydrogen-bond donors (Lipinski definition) is 0. The fraction of sp³-hybridized carbons (Fsp3) is 0.143. The van der Waals surface area contributed by atoms with Crippen LogP contribution < -0.4 is 5.56 Å². The van der Waals surface area contributed by atoms with E-state index >= 15 is 0 Å². The first kappa shape index (κ1) is 14.5. The maximum absolute atomic E-state index is 13.1. The molecule has 112 valence electrons. The van der Waals surface area contributed by atoms with E-state index in [0.29, 0.717) is 22.0 Å². The van der Waals surface area contributed by atoms with Crippen LogP contribution >= 0.6 is 11.8 Å². The number of rotatable bonds is 4. The Balaban J connectivity index is 2.38. The lowest BCUT2D eigenvalue weighted by atomic mass is 10.4. The molecule has 0 spiro atoms. The van der Waals surface area contributed by atoms with Gasteiger partial charge in [-0.2, -0.15) is 0 Å². The predicted molar refractivity (Wildman–Crippen MR) is 82.9 cm³/mol.